The van der Waals surface area contributed by atoms with Gasteiger partial charge in [-0.05, 0) is 38.5 Å². The van der Waals surface area contributed by atoms with E-state index in [1.165, 1.54) is 0 Å². The summed E-state index contributed by atoms with van der Waals surface area (Å²) in [4.78, 5) is 16.3. The summed E-state index contributed by atoms with van der Waals surface area (Å²) in [7, 11) is 0. The molecule has 0 bridgehead atoms. The zero-order valence-electron chi connectivity index (χ0n) is 11.3. The Morgan fingerprint density at radius 2 is 2.16 bits per heavy atom. The first kappa shape index (κ1) is 13.1. The molecule has 2 aromatic heterocycles. The molecule has 0 unspecified atom stereocenters. The second-order valence-corrected chi connectivity index (χ2v) is 4.41. The summed E-state index contributed by atoms with van der Waals surface area (Å²) >= 11 is 0. The van der Waals surface area contributed by atoms with Crippen molar-refractivity contribution in [2.24, 2.45) is 0 Å². The molecule has 0 aliphatic heterocycles. The Morgan fingerprint density at radius 1 is 1.42 bits per heavy atom. The van der Waals surface area contributed by atoms with E-state index >= 15 is 0 Å². The number of aryl methyl sites for hydroxylation is 3. The molecule has 3 N–H and O–H groups in total. The van der Waals surface area contributed by atoms with Gasteiger partial charge in [0.1, 0.15) is 5.82 Å². The van der Waals surface area contributed by atoms with Crippen molar-refractivity contribution in [3.05, 3.63) is 35.3 Å². The maximum absolute atomic E-state index is 12.1. The van der Waals surface area contributed by atoms with Gasteiger partial charge in [0.15, 0.2) is 5.69 Å². The summed E-state index contributed by atoms with van der Waals surface area (Å²) in [5.41, 5.74) is 8.24. The van der Waals surface area contributed by atoms with Gasteiger partial charge < -0.3 is 11.1 Å². The fraction of sp³-hybridized carbons (Fsp3) is 0.308. The minimum atomic E-state index is -0.345. The quantitative estimate of drug-likeness (QED) is 0.879. The average molecular weight is 259 g/mol. The number of nitrogens with one attached hydrogen (secondary N) is 1. The molecule has 0 fully saturated rings. The molecule has 0 saturated heterocycles. The van der Waals surface area contributed by atoms with Crippen LogP contribution in [-0.2, 0) is 6.54 Å². The molecule has 19 heavy (non-hydrogen) atoms. The SMILES string of the molecule is CCn1cc(N)c(C(=O)Nc2cc(C)cc(C)n2)n1. The Kier molecular flexibility index (Phi) is 3.50. The third-order valence-corrected chi connectivity index (χ3v) is 2.67. The summed E-state index contributed by atoms with van der Waals surface area (Å²) in [5.74, 6) is 0.162. The van der Waals surface area contributed by atoms with Gasteiger partial charge in [0.25, 0.3) is 5.91 Å². The third-order valence-electron chi connectivity index (χ3n) is 2.67. The van der Waals surface area contributed by atoms with Crippen LogP contribution < -0.4 is 11.1 Å². The van der Waals surface area contributed by atoms with Crippen LogP contribution in [0, 0.1) is 13.8 Å². The molecule has 0 saturated carbocycles. The van der Waals surface area contributed by atoms with Gasteiger partial charge in [-0.3, -0.25) is 9.48 Å². The van der Waals surface area contributed by atoms with Crippen molar-refractivity contribution < 1.29 is 4.79 Å². The van der Waals surface area contributed by atoms with Gasteiger partial charge >= 0.3 is 0 Å². The van der Waals surface area contributed by atoms with Crippen molar-refractivity contribution in [2.45, 2.75) is 27.3 Å². The van der Waals surface area contributed by atoms with Gasteiger partial charge in [0, 0.05) is 18.4 Å². The van der Waals surface area contributed by atoms with Gasteiger partial charge in [-0.2, -0.15) is 5.10 Å². The Bertz CT molecular complexity index is 597. The number of pyridine rings is 1. The van der Waals surface area contributed by atoms with Crippen LogP contribution >= 0.6 is 0 Å². The second-order valence-electron chi connectivity index (χ2n) is 4.41. The average Bonchev–Trinajstić information content (AvgIpc) is 2.69. The molecule has 6 nitrogen and oxygen atoms in total. The fourth-order valence-electron chi connectivity index (χ4n) is 1.86. The van der Waals surface area contributed by atoms with Gasteiger partial charge in [-0.1, -0.05) is 0 Å². The molecule has 0 radical (unpaired) electrons. The monoisotopic (exact) mass is 259 g/mol. The summed E-state index contributed by atoms with van der Waals surface area (Å²) in [6, 6.07) is 3.74. The van der Waals surface area contributed by atoms with Crippen LogP contribution in [0.4, 0.5) is 11.5 Å². The predicted molar refractivity (Wildman–Crippen MR) is 74.0 cm³/mol. The number of amides is 1. The Hall–Kier alpha value is -2.37. The number of rotatable bonds is 3. The normalized spacial score (nSPS) is 10.5. The lowest BCUT2D eigenvalue weighted by molar-refractivity contribution is 0.102. The topological polar surface area (TPSA) is 85.8 Å². The lowest BCUT2D eigenvalue weighted by atomic mass is 10.2. The number of nitrogen functional groups attached to an aromatic ring is 1. The van der Waals surface area contributed by atoms with Crippen molar-refractivity contribution in [1.29, 1.82) is 0 Å². The van der Waals surface area contributed by atoms with E-state index < -0.39 is 0 Å². The number of aromatic nitrogens is 3. The number of hydrogen-bond donors (Lipinski definition) is 2. The minimum absolute atomic E-state index is 0.225. The first-order chi connectivity index (χ1) is 8.99. The van der Waals surface area contributed by atoms with Gasteiger partial charge in [0.2, 0.25) is 0 Å². The maximum Gasteiger partial charge on any atom is 0.279 e. The number of carbonyl (C=O) groups excluding carboxylic acids is 1. The highest BCUT2D eigenvalue weighted by atomic mass is 16.2. The van der Waals surface area contributed by atoms with E-state index in [1.54, 1.807) is 16.9 Å². The highest BCUT2D eigenvalue weighted by Gasteiger charge is 2.15. The van der Waals surface area contributed by atoms with E-state index in [9.17, 15) is 4.79 Å². The second kappa shape index (κ2) is 5.09. The summed E-state index contributed by atoms with van der Waals surface area (Å²) in [6.07, 6.45) is 1.64. The minimum Gasteiger partial charge on any atom is -0.396 e. The van der Waals surface area contributed by atoms with Gasteiger partial charge in [0.05, 0.1) is 5.69 Å². The largest absolute Gasteiger partial charge is 0.396 e. The van der Waals surface area contributed by atoms with Crippen LogP contribution in [0.3, 0.4) is 0 Å². The van der Waals surface area contributed by atoms with Crippen molar-refractivity contribution in [3.63, 3.8) is 0 Å². The van der Waals surface area contributed by atoms with Crippen molar-refractivity contribution >= 4 is 17.4 Å². The molecule has 2 rings (SSSR count). The molecule has 1 amide bonds. The van der Waals surface area contributed by atoms with Crippen LogP contribution in [0.2, 0.25) is 0 Å². The molecule has 100 valence electrons. The van der Waals surface area contributed by atoms with E-state index in [-0.39, 0.29) is 11.6 Å². The van der Waals surface area contributed by atoms with E-state index in [0.29, 0.717) is 18.1 Å². The number of nitrogens with two attached hydrogens (primary N) is 1. The number of anilines is 2. The van der Waals surface area contributed by atoms with Crippen molar-refractivity contribution in [1.82, 2.24) is 14.8 Å². The van der Waals surface area contributed by atoms with Crippen LogP contribution in [0.15, 0.2) is 18.3 Å². The molecule has 0 atom stereocenters. The summed E-state index contributed by atoms with van der Waals surface area (Å²) in [5, 5.41) is 6.83. The van der Waals surface area contributed by atoms with Crippen LogP contribution in [0.1, 0.15) is 28.7 Å². The lowest BCUT2D eigenvalue weighted by Gasteiger charge is -2.05. The number of hydrogen-bond acceptors (Lipinski definition) is 4. The highest BCUT2D eigenvalue weighted by molar-refractivity contribution is 6.05. The van der Waals surface area contributed by atoms with Crippen molar-refractivity contribution in [3.8, 4) is 0 Å². The number of carbonyl (C=O) groups is 1. The van der Waals surface area contributed by atoms with Gasteiger partial charge in [-0.15, -0.1) is 0 Å². The Balaban J connectivity index is 2.22. The molecule has 2 aromatic rings. The highest BCUT2D eigenvalue weighted by Crippen LogP contribution is 2.13. The summed E-state index contributed by atoms with van der Waals surface area (Å²) in [6.45, 7) is 6.42. The van der Waals surface area contributed by atoms with E-state index in [0.717, 1.165) is 11.3 Å². The van der Waals surface area contributed by atoms with E-state index in [4.69, 9.17) is 5.73 Å². The Labute approximate surface area is 111 Å². The van der Waals surface area contributed by atoms with Crippen LogP contribution in [0.25, 0.3) is 0 Å². The molecule has 0 aromatic carbocycles. The first-order valence-corrected chi connectivity index (χ1v) is 6.09. The Morgan fingerprint density at radius 3 is 2.74 bits per heavy atom. The molecule has 0 spiro atoms. The first-order valence-electron chi connectivity index (χ1n) is 6.09. The van der Waals surface area contributed by atoms with Crippen LogP contribution in [0.5, 0.6) is 0 Å². The smallest absolute Gasteiger partial charge is 0.279 e. The van der Waals surface area contributed by atoms with E-state index in [2.05, 4.69) is 15.4 Å². The third kappa shape index (κ3) is 2.90. The number of nitrogens with zero attached hydrogens (tertiary/aromatic N) is 3. The molecule has 0 aliphatic carbocycles. The predicted octanol–water partition coefficient (Wildman–Crippen LogP) is 1.75. The molecule has 0 aliphatic rings. The molecule has 2 heterocycles. The van der Waals surface area contributed by atoms with Gasteiger partial charge in [-0.25, -0.2) is 4.98 Å². The fourth-order valence-corrected chi connectivity index (χ4v) is 1.86. The molecule has 6 heteroatoms. The van der Waals surface area contributed by atoms with Crippen LogP contribution in [-0.4, -0.2) is 20.7 Å². The standard InChI is InChI=1S/C13H17N5O/c1-4-18-7-10(14)12(17-18)13(19)16-11-6-8(2)5-9(3)15-11/h5-7H,4,14H2,1-3H3,(H,15,16,19). The van der Waals surface area contributed by atoms with E-state index in [1.807, 2.05) is 26.8 Å². The maximum atomic E-state index is 12.1. The lowest BCUT2D eigenvalue weighted by Crippen LogP contribution is -2.16. The zero-order valence-corrected chi connectivity index (χ0v) is 11.3. The molecular formula is C13H17N5O. The zero-order chi connectivity index (χ0) is 14.0. The summed E-state index contributed by atoms with van der Waals surface area (Å²) < 4.78 is 1.62. The molecular weight excluding hydrogens is 242 g/mol. The van der Waals surface area contributed by atoms with Crippen molar-refractivity contribution in [2.75, 3.05) is 11.1 Å².